The molecule has 0 aliphatic carbocycles. The highest BCUT2D eigenvalue weighted by Crippen LogP contribution is 2.28. The van der Waals surface area contributed by atoms with Crippen LogP contribution in [-0.2, 0) is 0 Å². The molecule has 13 heavy (non-hydrogen) atoms. The summed E-state index contributed by atoms with van der Waals surface area (Å²) in [6.45, 7) is 0. The molecular formula is C9H5Cl2NO. The van der Waals surface area contributed by atoms with Crippen LogP contribution in [0.2, 0.25) is 10.0 Å². The van der Waals surface area contributed by atoms with Crippen LogP contribution in [-0.4, -0.2) is 11.3 Å². The quantitative estimate of drug-likeness (QED) is 0.725. The number of rotatable bonds is 1. The maximum atomic E-state index is 10.6. The van der Waals surface area contributed by atoms with E-state index >= 15 is 0 Å². The number of nitrogens with one attached hydrogen (secondary N) is 1. The van der Waals surface area contributed by atoms with Gasteiger partial charge < -0.3 is 4.98 Å². The topological polar surface area (TPSA) is 32.9 Å². The molecule has 0 spiro atoms. The zero-order valence-corrected chi connectivity index (χ0v) is 7.99. The van der Waals surface area contributed by atoms with Crippen LogP contribution in [0.15, 0.2) is 18.3 Å². The molecule has 2 rings (SSSR count). The number of fused-ring (bicyclic) bond motifs is 1. The summed E-state index contributed by atoms with van der Waals surface area (Å²) >= 11 is 11.6. The molecule has 1 aromatic heterocycles. The van der Waals surface area contributed by atoms with E-state index in [1.165, 1.54) is 0 Å². The number of aldehydes is 1. The summed E-state index contributed by atoms with van der Waals surface area (Å²) in [5.41, 5.74) is 1.41. The summed E-state index contributed by atoms with van der Waals surface area (Å²) in [7, 11) is 0. The fourth-order valence-electron chi connectivity index (χ4n) is 1.24. The van der Waals surface area contributed by atoms with Gasteiger partial charge in [-0.25, -0.2) is 0 Å². The normalized spacial score (nSPS) is 10.6. The van der Waals surface area contributed by atoms with E-state index in [0.29, 0.717) is 15.6 Å². The lowest BCUT2D eigenvalue weighted by Gasteiger charge is -1.95. The molecule has 0 saturated heterocycles. The first kappa shape index (κ1) is 8.60. The van der Waals surface area contributed by atoms with E-state index in [0.717, 1.165) is 17.2 Å². The van der Waals surface area contributed by atoms with E-state index in [1.54, 1.807) is 18.3 Å². The molecule has 0 radical (unpaired) electrons. The third-order valence-electron chi connectivity index (χ3n) is 1.88. The summed E-state index contributed by atoms with van der Waals surface area (Å²) < 4.78 is 0. The van der Waals surface area contributed by atoms with Crippen LogP contribution in [0, 0.1) is 0 Å². The molecular weight excluding hydrogens is 209 g/mol. The molecule has 0 bridgehead atoms. The number of aromatic nitrogens is 1. The monoisotopic (exact) mass is 213 g/mol. The lowest BCUT2D eigenvalue weighted by molar-refractivity contribution is 0.112. The largest absolute Gasteiger partial charge is 0.360 e. The van der Waals surface area contributed by atoms with E-state index in [9.17, 15) is 4.79 Å². The van der Waals surface area contributed by atoms with Gasteiger partial charge in [0.1, 0.15) is 0 Å². The van der Waals surface area contributed by atoms with Crippen molar-refractivity contribution >= 4 is 40.4 Å². The Hall–Kier alpha value is -0.990. The number of aromatic amines is 1. The Morgan fingerprint density at radius 1 is 1.23 bits per heavy atom. The fourth-order valence-corrected chi connectivity index (χ4v) is 1.56. The van der Waals surface area contributed by atoms with Crippen LogP contribution in [0.25, 0.3) is 10.9 Å². The van der Waals surface area contributed by atoms with Crippen molar-refractivity contribution in [1.29, 1.82) is 0 Å². The highest BCUT2D eigenvalue weighted by Gasteiger charge is 2.05. The average Bonchev–Trinajstić information content (AvgIpc) is 2.48. The molecule has 0 aliphatic rings. The van der Waals surface area contributed by atoms with Crippen molar-refractivity contribution in [3.8, 4) is 0 Å². The molecule has 1 N–H and O–H groups in total. The third-order valence-corrected chi connectivity index (χ3v) is 2.60. The predicted octanol–water partition coefficient (Wildman–Crippen LogP) is 3.29. The molecule has 66 valence electrons. The minimum Gasteiger partial charge on any atom is -0.360 e. The highest BCUT2D eigenvalue weighted by atomic mass is 35.5. The Labute approximate surface area is 84.5 Å². The molecule has 0 saturated carbocycles. The van der Waals surface area contributed by atoms with Gasteiger partial charge in [0.05, 0.1) is 10.0 Å². The second-order valence-electron chi connectivity index (χ2n) is 2.67. The number of carbonyl (C=O) groups is 1. The van der Waals surface area contributed by atoms with Crippen molar-refractivity contribution in [3.63, 3.8) is 0 Å². The van der Waals surface area contributed by atoms with E-state index in [4.69, 9.17) is 23.2 Å². The first-order chi connectivity index (χ1) is 6.22. The SMILES string of the molecule is O=Cc1c[nH]c2cc(Cl)c(Cl)cc12. The van der Waals surface area contributed by atoms with Gasteiger partial charge in [0.2, 0.25) is 0 Å². The van der Waals surface area contributed by atoms with Gasteiger partial charge in [0, 0.05) is 22.7 Å². The van der Waals surface area contributed by atoms with Gasteiger partial charge in [0.25, 0.3) is 0 Å². The maximum Gasteiger partial charge on any atom is 0.152 e. The van der Waals surface area contributed by atoms with Crippen LogP contribution in [0.4, 0.5) is 0 Å². The molecule has 0 atom stereocenters. The van der Waals surface area contributed by atoms with Crippen molar-refractivity contribution in [3.05, 3.63) is 33.9 Å². The highest BCUT2D eigenvalue weighted by molar-refractivity contribution is 6.42. The van der Waals surface area contributed by atoms with Gasteiger partial charge in [-0.3, -0.25) is 4.79 Å². The molecule has 0 amide bonds. The molecule has 4 heteroatoms. The van der Waals surface area contributed by atoms with Crippen LogP contribution >= 0.6 is 23.2 Å². The van der Waals surface area contributed by atoms with Crippen LogP contribution < -0.4 is 0 Å². The van der Waals surface area contributed by atoms with Gasteiger partial charge >= 0.3 is 0 Å². The first-order valence-corrected chi connectivity index (χ1v) is 4.39. The predicted molar refractivity (Wildman–Crippen MR) is 53.7 cm³/mol. The first-order valence-electron chi connectivity index (χ1n) is 3.63. The van der Waals surface area contributed by atoms with Crippen molar-refractivity contribution in [2.24, 2.45) is 0 Å². The van der Waals surface area contributed by atoms with Crippen LogP contribution in [0.3, 0.4) is 0 Å². The smallest absolute Gasteiger partial charge is 0.152 e. The molecule has 1 aromatic carbocycles. The molecule has 1 heterocycles. The molecule has 0 aliphatic heterocycles. The van der Waals surface area contributed by atoms with Gasteiger partial charge in [0.15, 0.2) is 6.29 Å². The van der Waals surface area contributed by atoms with E-state index in [1.807, 2.05) is 0 Å². The summed E-state index contributed by atoms with van der Waals surface area (Å²) in [6.07, 6.45) is 2.41. The third kappa shape index (κ3) is 1.32. The Bertz CT molecular complexity index is 476. The molecule has 2 aromatic rings. The number of benzene rings is 1. The second kappa shape index (κ2) is 3.05. The van der Waals surface area contributed by atoms with E-state index in [-0.39, 0.29) is 0 Å². The van der Waals surface area contributed by atoms with Crippen LogP contribution in [0.5, 0.6) is 0 Å². The van der Waals surface area contributed by atoms with Crippen molar-refractivity contribution in [1.82, 2.24) is 4.98 Å². The lowest BCUT2D eigenvalue weighted by Crippen LogP contribution is -1.75. The van der Waals surface area contributed by atoms with Gasteiger partial charge in [-0.2, -0.15) is 0 Å². The summed E-state index contributed by atoms with van der Waals surface area (Å²) in [5.74, 6) is 0. The van der Waals surface area contributed by atoms with Crippen LogP contribution in [0.1, 0.15) is 10.4 Å². The van der Waals surface area contributed by atoms with Gasteiger partial charge in [-0.15, -0.1) is 0 Å². The van der Waals surface area contributed by atoms with Gasteiger partial charge in [-0.05, 0) is 12.1 Å². The standard InChI is InChI=1S/C9H5Cl2NO/c10-7-1-6-5(4-13)3-12-9(6)2-8(7)11/h1-4,12H. The zero-order valence-electron chi connectivity index (χ0n) is 6.47. The zero-order chi connectivity index (χ0) is 9.42. The molecule has 2 nitrogen and oxygen atoms in total. The second-order valence-corrected chi connectivity index (χ2v) is 3.49. The Morgan fingerprint density at radius 3 is 2.62 bits per heavy atom. The van der Waals surface area contributed by atoms with E-state index in [2.05, 4.69) is 4.98 Å². The Balaban J connectivity index is 2.84. The van der Waals surface area contributed by atoms with E-state index < -0.39 is 0 Å². The number of hydrogen-bond acceptors (Lipinski definition) is 1. The minimum absolute atomic E-state index is 0.455. The lowest BCUT2D eigenvalue weighted by atomic mass is 10.2. The summed E-state index contributed by atoms with van der Waals surface area (Å²) in [4.78, 5) is 13.5. The average molecular weight is 214 g/mol. The van der Waals surface area contributed by atoms with Crippen molar-refractivity contribution < 1.29 is 4.79 Å². The number of carbonyl (C=O) groups excluding carboxylic acids is 1. The Kier molecular flexibility index (Phi) is 2.02. The van der Waals surface area contributed by atoms with Gasteiger partial charge in [-0.1, -0.05) is 23.2 Å². The fraction of sp³-hybridized carbons (Fsp3) is 0. The minimum atomic E-state index is 0.455. The summed E-state index contributed by atoms with van der Waals surface area (Å²) in [5, 5.41) is 1.73. The summed E-state index contributed by atoms with van der Waals surface area (Å²) in [6, 6.07) is 3.38. The number of hydrogen-bond donors (Lipinski definition) is 1. The van der Waals surface area contributed by atoms with Crippen molar-refractivity contribution in [2.75, 3.05) is 0 Å². The number of H-pyrrole nitrogens is 1. The molecule has 0 fully saturated rings. The number of halogens is 2. The van der Waals surface area contributed by atoms with Crippen molar-refractivity contribution in [2.45, 2.75) is 0 Å². The Morgan fingerprint density at radius 2 is 1.92 bits per heavy atom. The molecule has 0 unspecified atom stereocenters. The maximum absolute atomic E-state index is 10.6.